The van der Waals surface area contributed by atoms with Crippen molar-refractivity contribution in [3.8, 4) is 0 Å². The van der Waals surface area contributed by atoms with Crippen molar-refractivity contribution in [3.05, 3.63) is 23.9 Å². The largest absolute Gasteiger partial charge is 0.383 e. The second-order valence-corrected chi connectivity index (χ2v) is 3.63. The highest BCUT2D eigenvalue weighted by Gasteiger charge is 2.28. The molecule has 0 radical (unpaired) electrons. The Morgan fingerprint density at radius 1 is 1.64 bits per heavy atom. The molecule has 4 heteroatoms. The van der Waals surface area contributed by atoms with Crippen molar-refractivity contribution in [3.63, 3.8) is 0 Å². The number of nitrogens with two attached hydrogens (primary N) is 1. The van der Waals surface area contributed by atoms with E-state index in [9.17, 15) is 0 Å². The third-order valence-corrected chi connectivity index (χ3v) is 2.54. The third-order valence-electron chi connectivity index (χ3n) is 2.54. The van der Waals surface area contributed by atoms with E-state index >= 15 is 0 Å². The smallest absolute Gasteiger partial charge is 0.127 e. The van der Waals surface area contributed by atoms with Gasteiger partial charge in [-0.25, -0.2) is 9.99 Å². The van der Waals surface area contributed by atoms with E-state index in [0.29, 0.717) is 11.9 Å². The molecule has 1 aromatic rings. The second-order valence-electron chi connectivity index (χ2n) is 3.63. The number of pyridine rings is 1. The van der Waals surface area contributed by atoms with Crippen LogP contribution in [0.4, 0.5) is 5.82 Å². The summed E-state index contributed by atoms with van der Waals surface area (Å²) in [6.45, 7) is 0.834. The fourth-order valence-electron chi connectivity index (χ4n) is 1.54. The standard InChI is InChI=1S/C10H16N4/c1-12-14(9-4-5-9)7-8-3-2-6-13-10(8)11/h2-3,6,9,12H,4-5,7H2,1H3,(H2,11,13). The molecule has 1 aliphatic rings. The number of rotatable bonds is 4. The Kier molecular flexibility index (Phi) is 2.65. The monoisotopic (exact) mass is 192 g/mol. The molecule has 14 heavy (non-hydrogen) atoms. The Hall–Kier alpha value is -1.13. The lowest BCUT2D eigenvalue weighted by atomic mass is 10.2. The molecule has 2 rings (SSSR count). The first-order chi connectivity index (χ1) is 6.81. The number of hydrogen-bond acceptors (Lipinski definition) is 4. The van der Waals surface area contributed by atoms with E-state index < -0.39 is 0 Å². The second kappa shape index (κ2) is 3.94. The zero-order valence-corrected chi connectivity index (χ0v) is 8.40. The number of nitrogens with one attached hydrogen (secondary N) is 1. The summed E-state index contributed by atoms with van der Waals surface area (Å²) in [5, 5.41) is 2.22. The van der Waals surface area contributed by atoms with Gasteiger partial charge in [0.15, 0.2) is 0 Å². The zero-order valence-electron chi connectivity index (χ0n) is 8.40. The average molecular weight is 192 g/mol. The molecule has 0 unspecified atom stereocenters. The fraction of sp³-hybridized carbons (Fsp3) is 0.500. The number of nitrogens with zero attached hydrogens (tertiary/aromatic N) is 2. The van der Waals surface area contributed by atoms with Crippen LogP contribution in [-0.4, -0.2) is 23.1 Å². The van der Waals surface area contributed by atoms with Gasteiger partial charge in [-0.3, -0.25) is 5.43 Å². The summed E-state index contributed by atoms with van der Waals surface area (Å²) in [4.78, 5) is 4.07. The van der Waals surface area contributed by atoms with Crippen LogP contribution >= 0.6 is 0 Å². The summed E-state index contributed by atoms with van der Waals surface area (Å²) in [5.41, 5.74) is 10.1. The fourth-order valence-corrected chi connectivity index (χ4v) is 1.54. The van der Waals surface area contributed by atoms with Crippen LogP contribution in [0.15, 0.2) is 18.3 Å². The van der Waals surface area contributed by atoms with Crippen LogP contribution in [0.3, 0.4) is 0 Å². The van der Waals surface area contributed by atoms with Crippen molar-refractivity contribution in [1.29, 1.82) is 0 Å². The molecule has 0 atom stereocenters. The van der Waals surface area contributed by atoms with E-state index in [1.807, 2.05) is 19.2 Å². The molecular formula is C10H16N4. The lowest BCUT2D eigenvalue weighted by Gasteiger charge is -2.20. The first-order valence-corrected chi connectivity index (χ1v) is 4.94. The van der Waals surface area contributed by atoms with Gasteiger partial charge in [0.05, 0.1) is 0 Å². The number of aromatic nitrogens is 1. The molecule has 1 fully saturated rings. The van der Waals surface area contributed by atoms with Crippen LogP contribution in [0, 0.1) is 0 Å². The van der Waals surface area contributed by atoms with Gasteiger partial charge in [-0.1, -0.05) is 6.07 Å². The lowest BCUT2D eigenvalue weighted by molar-refractivity contribution is 0.187. The van der Waals surface area contributed by atoms with Gasteiger partial charge in [-0.2, -0.15) is 0 Å². The van der Waals surface area contributed by atoms with E-state index in [2.05, 4.69) is 15.4 Å². The van der Waals surface area contributed by atoms with Crippen LogP contribution in [-0.2, 0) is 6.54 Å². The minimum Gasteiger partial charge on any atom is -0.383 e. The van der Waals surface area contributed by atoms with Gasteiger partial charge in [0, 0.05) is 24.3 Å². The van der Waals surface area contributed by atoms with E-state index in [4.69, 9.17) is 5.73 Å². The summed E-state index contributed by atoms with van der Waals surface area (Å²) in [6, 6.07) is 4.63. The van der Waals surface area contributed by atoms with Gasteiger partial charge < -0.3 is 5.73 Å². The molecule has 0 aliphatic heterocycles. The quantitative estimate of drug-likeness (QED) is 0.692. The molecule has 0 saturated heterocycles. The van der Waals surface area contributed by atoms with E-state index in [1.54, 1.807) is 6.20 Å². The van der Waals surface area contributed by atoms with Crippen molar-refractivity contribution >= 4 is 5.82 Å². The van der Waals surface area contributed by atoms with Gasteiger partial charge in [0.25, 0.3) is 0 Å². The van der Waals surface area contributed by atoms with Crippen molar-refractivity contribution in [1.82, 2.24) is 15.4 Å². The Morgan fingerprint density at radius 2 is 2.43 bits per heavy atom. The van der Waals surface area contributed by atoms with Gasteiger partial charge in [-0.15, -0.1) is 0 Å². The van der Waals surface area contributed by atoms with Crippen LogP contribution in [0.25, 0.3) is 0 Å². The summed E-state index contributed by atoms with van der Waals surface area (Å²) < 4.78 is 0. The molecule has 0 amide bonds. The van der Waals surface area contributed by atoms with Gasteiger partial charge in [0.1, 0.15) is 5.82 Å². The normalized spacial score (nSPS) is 16.1. The summed E-state index contributed by atoms with van der Waals surface area (Å²) >= 11 is 0. The minimum atomic E-state index is 0.633. The molecule has 1 aromatic heterocycles. The molecule has 4 nitrogen and oxygen atoms in total. The Bertz CT molecular complexity index is 309. The highest BCUT2D eigenvalue weighted by atomic mass is 15.5. The molecule has 0 spiro atoms. The third kappa shape index (κ3) is 2.02. The molecule has 0 aromatic carbocycles. The van der Waals surface area contributed by atoms with Gasteiger partial charge >= 0.3 is 0 Å². The maximum atomic E-state index is 5.78. The lowest BCUT2D eigenvalue weighted by Crippen LogP contribution is -2.36. The Labute approximate surface area is 84.1 Å². The predicted octanol–water partition coefficient (Wildman–Crippen LogP) is 0.763. The molecule has 76 valence electrons. The number of hydrazine groups is 1. The van der Waals surface area contributed by atoms with E-state index in [1.165, 1.54) is 12.8 Å². The first-order valence-electron chi connectivity index (χ1n) is 4.94. The summed E-state index contributed by atoms with van der Waals surface area (Å²) in [7, 11) is 1.95. The molecule has 1 aliphatic carbocycles. The maximum Gasteiger partial charge on any atom is 0.127 e. The SMILES string of the molecule is CNN(Cc1cccnc1N)C1CC1. The zero-order chi connectivity index (χ0) is 9.97. The van der Waals surface area contributed by atoms with Crippen LogP contribution in [0.5, 0.6) is 0 Å². The van der Waals surface area contributed by atoms with Crippen LogP contribution in [0.2, 0.25) is 0 Å². The van der Waals surface area contributed by atoms with E-state index in [-0.39, 0.29) is 0 Å². The number of nitrogen functional groups attached to an aromatic ring is 1. The number of anilines is 1. The van der Waals surface area contributed by atoms with Gasteiger partial charge in [-0.05, 0) is 26.0 Å². The topological polar surface area (TPSA) is 54.2 Å². The Balaban J connectivity index is 2.04. The van der Waals surface area contributed by atoms with Crippen molar-refractivity contribution in [2.45, 2.75) is 25.4 Å². The predicted molar refractivity (Wildman–Crippen MR) is 56.3 cm³/mol. The molecule has 0 bridgehead atoms. The Morgan fingerprint density at radius 3 is 3.00 bits per heavy atom. The first kappa shape index (κ1) is 9.43. The molecule has 1 heterocycles. The van der Waals surface area contributed by atoms with Crippen LogP contribution in [0.1, 0.15) is 18.4 Å². The van der Waals surface area contributed by atoms with Crippen molar-refractivity contribution < 1.29 is 0 Å². The highest BCUT2D eigenvalue weighted by molar-refractivity contribution is 5.38. The van der Waals surface area contributed by atoms with Gasteiger partial charge in [0.2, 0.25) is 0 Å². The maximum absolute atomic E-state index is 5.78. The highest BCUT2D eigenvalue weighted by Crippen LogP contribution is 2.26. The van der Waals surface area contributed by atoms with Crippen molar-refractivity contribution in [2.24, 2.45) is 0 Å². The number of hydrogen-bond donors (Lipinski definition) is 2. The summed E-state index contributed by atoms with van der Waals surface area (Å²) in [5.74, 6) is 0.633. The molecular weight excluding hydrogens is 176 g/mol. The van der Waals surface area contributed by atoms with Crippen LogP contribution < -0.4 is 11.2 Å². The summed E-state index contributed by atoms with van der Waals surface area (Å²) in [6.07, 6.45) is 4.28. The molecule has 3 N–H and O–H groups in total. The minimum absolute atomic E-state index is 0.633. The van der Waals surface area contributed by atoms with Crippen molar-refractivity contribution in [2.75, 3.05) is 12.8 Å². The van der Waals surface area contributed by atoms with E-state index in [0.717, 1.165) is 12.1 Å². The average Bonchev–Trinajstić information content (AvgIpc) is 3.00. The molecule has 1 saturated carbocycles.